The van der Waals surface area contributed by atoms with Gasteiger partial charge in [0.1, 0.15) is 0 Å². The van der Waals surface area contributed by atoms with Crippen LogP contribution in [0.2, 0.25) is 0 Å². The lowest BCUT2D eigenvalue weighted by Gasteiger charge is -2.15. The SMILES string of the molecule is CC1OCCC1NCCc1cnn(C)c1. The fourth-order valence-electron chi connectivity index (χ4n) is 2.00. The third kappa shape index (κ3) is 2.79. The molecule has 1 aliphatic rings. The van der Waals surface area contributed by atoms with E-state index in [9.17, 15) is 0 Å². The minimum Gasteiger partial charge on any atom is -0.377 e. The van der Waals surface area contributed by atoms with E-state index in [1.54, 1.807) is 0 Å². The van der Waals surface area contributed by atoms with Crippen molar-refractivity contribution in [3.63, 3.8) is 0 Å². The van der Waals surface area contributed by atoms with E-state index in [0.717, 1.165) is 26.0 Å². The molecular weight excluding hydrogens is 190 g/mol. The van der Waals surface area contributed by atoms with Crippen molar-refractivity contribution < 1.29 is 4.74 Å². The highest BCUT2D eigenvalue weighted by Crippen LogP contribution is 2.12. The van der Waals surface area contributed by atoms with E-state index < -0.39 is 0 Å². The quantitative estimate of drug-likeness (QED) is 0.794. The van der Waals surface area contributed by atoms with Crippen molar-refractivity contribution in [3.05, 3.63) is 18.0 Å². The number of ether oxygens (including phenoxy) is 1. The maximum absolute atomic E-state index is 5.49. The van der Waals surface area contributed by atoms with Crippen LogP contribution in [0.5, 0.6) is 0 Å². The lowest BCUT2D eigenvalue weighted by atomic mass is 10.1. The summed E-state index contributed by atoms with van der Waals surface area (Å²) in [6.45, 7) is 4.03. The Hall–Kier alpha value is -0.870. The Morgan fingerprint density at radius 2 is 2.53 bits per heavy atom. The summed E-state index contributed by atoms with van der Waals surface area (Å²) >= 11 is 0. The molecule has 1 aromatic heterocycles. The van der Waals surface area contributed by atoms with Crippen LogP contribution in [-0.4, -0.2) is 35.1 Å². The summed E-state index contributed by atoms with van der Waals surface area (Å²) in [5.74, 6) is 0. The first-order valence-corrected chi connectivity index (χ1v) is 5.58. The standard InChI is InChI=1S/C11H19N3O/c1-9-11(4-6-15-9)12-5-3-10-7-13-14(2)8-10/h7-9,11-12H,3-6H2,1-2H3. The lowest BCUT2D eigenvalue weighted by molar-refractivity contribution is 0.113. The zero-order chi connectivity index (χ0) is 10.7. The molecule has 84 valence electrons. The first-order valence-electron chi connectivity index (χ1n) is 5.58. The Morgan fingerprint density at radius 1 is 1.67 bits per heavy atom. The van der Waals surface area contributed by atoms with Crippen molar-refractivity contribution in [1.29, 1.82) is 0 Å². The number of rotatable bonds is 4. The molecule has 0 bridgehead atoms. The van der Waals surface area contributed by atoms with Gasteiger partial charge in [-0.05, 0) is 31.9 Å². The molecule has 0 spiro atoms. The molecule has 0 radical (unpaired) electrons. The second-order valence-corrected chi connectivity index (χ2v) is 4.20. The van der Waals surface area contributed by atoms with Crippen molar-refractivity contribution in [2.75, 3.05) is 13.2 Å². The molecule has 1 aliphatic heterocycles. The molecule has 2 unspecified atom stereocenters. The van der Waals surface area contributed by atoms with E-state index >= 15 is 0 Å². The second kappa shape index (κ2) is 4.77. The minimum absolute atomic E-state index is 0.360. The number of hydrogen-bond acceptors (Lipinski definition) is 3. The molecule has 4 nitrogen and oxygen atoms in total. The van der Waals surface area contributed by atoms with Gasteiger partial charge in [0.15, 0.2) is 0 Å². The molecule has 0 saturated carbocycles. The fraction of sp³-hybridized carbons (Fsp3) is 0.727. The third-order valence-corrected chi connectivity index (χ3v) is 2.95. The molecule has 0 aliphatic carbocycles. The van der Waals surface area contributed by atoms with Crippen LogP contribution in [0.1, 0.15) is 18.9 Å². The molecule has 0 aromatic carbocycles. The Kier molecular flexibility index (Phi) is 3.38. The topological polar surface area (TPSA) is 39.1 Å². The Bertz CT molecular complexity index is 311. The van der Waals surface area contributed by atoms with Gasteiger partial charge in [0.05, 0.1) is 12.3 Å². The van der Waals surface area contributed by atoms with Crippen molar-refractivity contribution in [2.45, 2.75) is 31.9 Å². The van der Waals surface area contributed by atoms with Crippen LogP contribution in [0.4, 0.5) is 0 Å². The number of hydrogen-bond donors (Lipinski definition) is 1. The zero-order valence-corrected chi connectivity index (χ0v) is 9.44. The van der Waals surface area contributed by atoms with E-state index in [1.807, 2.05) is 17.9 Å². The maximum atomic E-state index is 5.49. The van der Waals surface area contributed by atoms with E-state index in [-0.39, 0.29) is 0 Å². The van der Waals surface area contributed by atoms with Crippen LogP contribution in [0.15, 0.2) is 12.4 Å². The van der Waals surface area contributed by atoms with E-state index in [0.29, 0.717) is 12.1 Å². The summed E-state index contributed by atoms with van der Waals surface area (Å²) in [5.41, 5.74) is 1.29. The average Bonchev–Trinajstić information content (AvgIpc) is 2.77. The van der Waals surface area contributed by atoms with Gasteiger partial charge in [0.2, 0.25) is 0 Å². The summed E-state index contributed by atoms with van der Waals surface area (Å²) in [5, 5.41) is 7.67. The van der Waals surface area contributed by atoms with Gasteiger partial charge in [0.25, 0.3) is 0 Å². The zero-order valence-electron chi connectivity index (χ0n) is 9.44. The molecule has 2 atom stereocenters. The van der Waals surface area contributed by atoms with Crippen LogP contribution < -0.4 is 5.32 Å². The first kappa shape index (κ1) is 10.6. The van der Waals surface area contributed by atoms with E-state index in [2.05, 4.69) is 23.5 Å². The molecule has 1 saturated heterocycles. The van der Waals surface area contributed by atoms with E-state index in [4.69, 9.17) is 4.74 Å². The molecule has 0 amide bonds. The first-order chi connectivity index (χ1) is 7.25. The monoisotopic (exact) mass is 209 g/mol. The number of nitrogens with one attached hydrogen (secondary N) is 1. The predicted molar refractivity (Wildman–Crippen MR) is 58.7 cm³/mol. The van der Waals surface area contributed by atoms with Gasteiger partial charge < -0.3 is 10.1 Å². The largest absolute Gasteiger partial charge is 0.377 e. The number of nitrogens with zero attached hydrogens (tertiary/aromatic N) is 2. The van der Waals surface area contributed by atoms with Crippen LogP contribution in [0, 0.1) is 0 Å². The van der Waals surface area contributed by atoms with Crippen LogP contribution in [0.3, 0.4) is 0 Å². The molecule has 2 rings (SSSR count). The minimum atomic E-state index is 0.360. The van der Waals surface area contributed by atoms with Crippen LogP contribution in [0.25, 0.3) is 0 Å². The lowest BCUT2D eigenvalue weighted by Crippen LogP contribution is -2.35. The Labute approximate surface area is 90.6 Å². The fourth-order valence-corrected chi connectivity index (χ4v) is 2.00. The molecule has 2 heterocycles. The molecule has 1 aromatic rings. The second-order valence-electron chi connectivity index (χ2n) is 4.20. The smallest absolute Gasteiger partial charge is 0.0700 e. The van der Waals surface area contributed by atoms with Gasteiger partial charge in [-0.15, -0.1) is 0 Å². The predicted octanol–water partition coefficient (Wildman–Crippen LogP) is 0.730. The molecule has 15 heavy (non-hydrogen) atoms. The van der Waals surface area contributed by atoms with Gasteiger partial charge in [-0.3, -0.25) is 4.68 Å². The maximum Gasteiger partial charge on any atom is 0.0700 e. The van der Waals surface area contributed by atoms with E-state index in [1.165, 1.54) is 5.56 Å². The summed E-state index contributed by atoms with van der Waals surface area (Å²) in [6, 6.07) is 0.529. The summed E-state index contributed by atoms with van der Waals surface area (Å²) in [6.07, 6.45) is 6.52. The molecule has 1 N–H and O–H groups in total. The van der Waals surface area contributed by atoms with Crippen molar-refractivity contribution in [1.82, 2.24) is 15.1 Å². The van der Waals surface area contributed by atoms with Crippen molar-refractivity contribution in [3.8, 4) is 0 Å². The number of aryl methyl sites for hydroxylation is 1. The summed E-state index contributed by atoms with van der Waals surface area (Å²) in [7, 11) is 1.95. The highest BCUT2D eigenvalue weighted by atomic mass is 16.5. The van der Waals surface area contributed by atoms with Crippen LogP contribution >= 0.6 is 0 Å². The van der Waals surface area contributed by atoms with Crippen LogP contribution in [-0.2, 0) is 18.2 Å². The van der Waals surface area contributed by atoms with Gasteiger partial charge in [-0.25, -0.2) is 0 Å². The highest BCUT2D eigenvalue weighted by molar-refractivity contribution is 5.04. The molecule has 4 heteroatoms. The van der Waals surface area contributed by atoms with Gasteiger partial charge in [-0.1, -0.05) is 0 Å². The summed E-state index contributed by atoms with van der Waals surface area (Å²) < 4.78 is 7.34. The normalized spacial score (nSPS) is 26.0. The van der Waals surface area contributed by atoms with Gasteiger partial charge >= 0.3 is 0 Å². The molecule has 1 fully saturated rings. The molecular formula is C11H19N3O. The van der Waals surface area contributed by atoms with Crippen molar-refractivity contribution in [2.24, 2.45) is 7.05 Å². The summed E-state index contributed by atoms with van der Waals surface area (Å²) in [4.78, 5) is 0. The third-order valence-electron chi connectivity index (χ3n) is 2.95. The van der Waals surface area contributed by atoms with Gasteiger partial charge in [-0.2, -0.15) is 5.10 Å². The van der Waals surface area contributed by atoms with Gasteiger partial charge in [0, 0.05) is 25.9 Å². The Balaban J connectivity index is 1.70. The highest BCUT2D eigenvalue weighted by Gasteiger charge is 2.22. The number of aromatic nitrogens is 2. The average molecular weight is 209 g/mol. The van der Waals surface area contributed by atoms with Crippen molar-refractivity contribution >= 4 is 0 Å². The Morgan fingerprint density at radius 3 is 3.13 bits per heavy atom.